The number of nitrogens with zero attached hydrogens (tertiary/aromatic N) is 2. The maximum absolute atomic E-state index is 7.11. The number of para-hydroxylation sites is 2. The summed E-state index contributed by atoms with van der Waals surface area (Å²) in [6.07, 6.45) is 4.23. The minimum absolute atomic E-state index is 0.0286. The minimum Gasteiger partial charge on any atom is -0.458 e. The Kier molecular flexibility index (Phi) is 8.06. The molecule has 0 radical (unpaired) electrons. The van der Waals surface area contributed by atoms with Crippen molar-refractivity contribution < 1.29 is 4.74 Å². The highest BCUT2D eigenvalue weighted by molar-refractivity contribution is 6.99. The van der Waals surface area contributed by atoms with Crippen molar-refractivity contribution in [3.63, 3.8) is 0 Å². The Balaban J connectivity index is 1.19. The standard InChI is InChI=1S/C57H47BN2O/c1-5-6-19-45-50(29-25-39-31-38-18-10-11-20-42(38)55(39)45)60-51-35-41(59-48-23-14-12-21-43(48)44-22-13-15-24-49(44)59)27-28-46(51)58-47-32-37(36-16-8-7-9-17-36)26-30-53(47)61-54-34-40(57(2,3)4)33-52(60)56(54)58/h7-18,20-30,32-35H,5-6,19,31H2,1-4H3. The van der Waals surface area contributed by atoms with Gasteiger partial charge in [0.1, 0.15) is 11.5 Å². The van der Waals surface area contributed by atoms with Gasteiger partial charge in [0.25, 0.3) is 6.71 Å². The van der Waals surface area contributed by atoms with E-state index in [2.05, 4.69) is 201 Å². The predicted octanol–water partition coefficient (Wildman–Crippen LogP) is 13.1. The molecule has 0 fully saturated rings. The van der Waals surface area contributed by atoms with Gasteiger partial charge in [0, 0.05) is 33.5 Å². The summed E-state index contributed by atoms with van der Waals surface area (Å²) in [6.45, 7) is 9.25. The molecule has 8 aromatic carbocycles. The van der Waals surface area contributed by atoms with Crippen molar-refractivity contribution in [3.8, 4) is 39.4 Å². The highest BCUT2D eigenvalue weighted by atomic mass is 16.5. The average molecular weight is 787 g/mol. The van der Waals surface area contributed by atoms with E-state index >= 15 is 0 Å². The Hall–Kier alpha value is -6.78. The first-order valence-corrected chi connectivity index (χ1v) is 22.1. The van der Waals surface area contributed by atoms with Gasteiger partial charge in [-0.1, -0.05) is 149 Å². The second-order valence-electron chi connectivity index (χ2n) is 18.3. The van der Waals surface area contributed by atoms with E-state index in [1.165, 1.54) is 99.8 Å². The van der Waals surface area contributed by atoms with Crippen molar-refractivity contribution in [2.45, 2.75) is 58.8 Å². The van der Waals surface area contributed by atoms with Crippen LogP contribution in [0.4, 0.5) is 17.1 Å². The van der Waals surface area contributed by atoms with E-state index in [4.69, 9.17) is 4.74 Å². The van der Waals surface area contributed by atoms with Crippen LogP contribution in [0.15, 0.2) is 164 Å². The molecular weight excluding hydrogens is 739 g/mol. The monoisotopic (exact) mass is 786 g/mol. The fourth-order valence-corrected chi connectivity index (χ4v) is 10.7. The van der Waals surface area contributed by atoms with Crippen LogP contribution in [0.5, 0.6) is 11.5 Å². The molecule has 0 saturated carbocycles. The summed E-state index contributed by atoms with van der Waals surface area (Å²) in [5.41, 5.74) is 21.7. The molecule has 9 aromatic rings. The molecule has 0 atom stereocenters. The molecule has 0 saturated heterocycles. The van der Waals surface area contributed by atoms with Gasteiger partial charge in [0.2, 0.25) is 0 Å². The molecule has 2 aliphatic heterocycles. The number of rotatable bonds is 6. The van der Waals surface area contributed by atoms with E-state index in [9.17, 15) is 0 Å². The molecule has 0 N–H and O–H groups in total. The smallest absolute Gasteiger partial charge is 0.256 e. The van der Waals surface area contributed by atoms with Gasteiger partial charge in [-0.15, -0.1) is 0 Å². The number of aromatic nitrogens is 1. The van der Waals surface area contributed by atoms with E-state index < -0.39 is 0 Å². The molecule has 0 amide bonds. The summed E-state index contributed by atoms with van der Waals surface area (Å²) >= 11 is 0. The van der Waals surface area contributed by atoms with Crippen molar-refractivity contribution in [3.05, 3.63) is 186 Å². The zero-order chi connectivity index (χ0) is 41.0. The Morgan fingerprint density at radius 1 is 0.590 bits per heavy atom. The molecule has 1 aromatic heterocycles. The molecule has 3 heterocycles. The van der Waals surface area contributed by atoms with Gasteiger partial charge in [-0.3, -0.25) is 0 Å². The van der Waals surface area contributed by atoms with Gasteiger partial charge in [-0.2, -0.15) is 0 Å². The van der Waals surface area contributed by atoms with Crippen molar-refractivity contribution in [1.82, 2.24) is 4.57 Å². The topological polar surface area (TPSA) is 17.4 Å². The first kappa shape index (κ1) is 36.1. The van der Waals surface area contributed by atoms with Crippen LogP contribution >= 0.6 is 0 Å². The number of benzene rings is 8. The average Bonchev–Trinajstić information content (AvgIpc) is 3.84. The molecule has 4 heteroatoms. The highest BCUT2D eigenvalue weighted by Gasteiger charge is 2.44. The zero-order valence-corrected chi connectivity index (χ0v) is 35.3. The number of unbranched alkanes of at least 4 members (excludes halogenated alkanes) is 1. The van der Waals surface area contributed by atoms with Crippen LogP contribution in [0.3, 0.4) is 0 Å². The Morgan fingerprint density at radius 3 is 2.10 bits per heavy atom. The highest BCUT2D eigenvalue weighted by Crippen LogP contribution is 2.49. The van der Waals surface area contributed by atoms with E-state index in [0.29, 0.717) is 0 Å². The Morgan fingerprint density at radius 2 is 1.33 bits per heavy atom. The summed E-state index contributed by atoms with van der Waals surface area (Å²) in [6, 6.07) is 61.3. The first-order valence-electron chi connectivity index (χ1n) is 22.1. The van der Waals surface area contributed by atoms with E-state index in [1.807, 2.05) is 0 Å². The van der Waals surface area contributed by atoms with Crippen LogP contribution in [0.25, 0.3) is 49.7 Å². The third kappa shape index (κ3) is 5.51. The molecular formula is C57H47BN2O. The summed E-state index contributed by atoms with van der Waals surface area (Å²) in [4.78, 5) is 2.64. The molecule has 0 bridgehead atoms. The Bertz CT molecular complexity index is 3190. The number of anilines is 3. The molecule has 0 spiro atoms. The lowest BCUT2D eigenvalue weighted by Crippen LogP contribution is -2.59. The first-order chi connectivity index (χ1) is 29.9. The van der Waals surface area contributed by atoms with Crippen molar-refractivity contribution in [2.24, 2.45) is 0 Å². The van der Waals surface area contributed by atoms with E-state index in [-0.39, 0.29) is 12.1 Å². The maximum atomic E-state index is 7.11. The third-order valence-corrected chi connectivity index (χ3v) is 13.6. The predicted molar refractivity (Wildman–Crippen MR) is 258 cm³/mol. The molecule has 61 heavy (non-hydrogen) atoms. The maximum Gasteiger partial charge on any atom is 0.256 e. The van der Waals surface area contributed by atoms with Gasteiger partial charge in [0.15, 0.2) is 0 Å². The molecule has 1 aliphatic carbocycles. The van der Waals surface area contributed by atoms with Crippen LogP contribution in [-0.2, 0) is 18.3 Å². The van der Waals surface area contributed by atoms with Crippen LogP contribution in [0, 0.1) is 0 Å². The van der Waals surface area contributed by atoms with Crippen molar-refractivity contribution >= 4 is 62.0 Å². The summed E-state index contributed by atoms with van der Waals surface area (Å²) in [7, 11) is 0. The molecule has 0 unspecified atom stereocenters. The number of fused-ring (bicyclic) bond motifs is 10. The second-order valence-corrected chi connectivity index (χ2v) is 18.3. The SMILES string of the molecule is CCCCc1c(N2c3cc(-n4c5ccccc5c5ccccc54)ccc3B3c4cc(-c5ccccc5)ccc4Oc4cc(C(C)(C)C)cc2c43)ccc2c1-c1ccccc1C2. The van der Waals surface area contributed by atoms with Crippen molar-refractivity contribution in [1.29, 1.82) is 0 Å². The fraction of sp³-hybridized carbons (Fsp3) is 0.158. The lowest BCUT2D eigenvalue weighted by atomic mass is 9.34. The van der Waals surface area contributed by atoms with Gasteiger partial charge < -0.3 is 14.2 Å². The normalized spacial score (nSPS) is 13.4. The summed E-state index contributed by atoms with van der Waals surface area (Å²) in [5, 5.41) is 2.53. The molecule has 12 rings (SSSR count). The van der Waals surface area contributed by atoms with Crippen LogP contribution in [0.1, 0.15) is 62.8 Å². The number of hydrogen-bond acceptors (Lipinski definition) is 2. The van der Waals surface area contributed by atoms with Gasteiger partial charge >= 0.3 is 0 Å². The third-order valence-electron chi connectivity index (χ3n) is 13.6. The van der Waals surface area contributed by atoms with Gasteiger partial charge in [0.05, 0.1) is 11.0 Å². The van der Waals surface area contributed by atoms with E-state index in [0.717, 1.165) is 42.9 Å². The number of ether oxygens (including phenoxy) is 1. The van der Waals surface area contributed by atoms with Crippen molar-refractivity contribution in [2.75, 3.05) is 4.90 Å². The minimum atomic E-state index is -0.111. The summed E-state index contributed by atoms with van der Waals surface area (Å²) < 4.78 is 9.58. The van der Waals surface area contributed by atoms with E-state index in [1.54, 1.807) is 0 Å². The summed E-state index contributed by atoms with van der Waals surface area (Å²) in [5.74, 6) is 1.88. The lowest BCUT2D eigenvalue weighted by molar-refractivity contribution is 0.483. The Labute approximate surface area is 359 Å². The molecule has 3 aliphatic rings. The van der Waals surface area contributed by atoms with Gasteiger partial charge in [-0.05, 0) is 134 Å². The molecule has 3 nitrogen and oxygen atoms in total. The van der Waals surface area contributed by atoms with Gasteiger partial charge in [-0.25, -0.2) is 0 Å². The molecule has 294 valence electrons. The number of hydrogen-bond donors (Lipinski definition) is 0. The van der Waals surface area contributed by atoms with Crippen LogP contribution < -0.4 is 26.0 Å². The quantitative estimate of drug-likeness (QED) is 0.156. The largest absolute Gasteiger partial charge is 0.458 e. The second kappa shape index (κ2) is 13.6. The van der Waals surface area contributed by atoms with Crippen LogP contribution in [-0.4, -0.2) is 11.3 Å². The fourth-order valence-electron chi connectivity index (χ4n) is 10.7. The lowest BCUT2D eigenvalue weighted by Gasteiger charge is -2.42. The zero-order valence-electron chi connectivity index (χ0n) is 35.3. The van der Waals surface area contributed by atoms with Crippen LogP contribution in [0.2, 0.25) is 0 Å².